The molecule has 0 saturated carbocycles. The fraction of sp³-hybridized carbons (Fsp3) is 0.462. The van der Waals surface area contributed by atoms with E-state index in [0.29, 0.717) is 12.0 Å². The summed E-state index contributed by atoms with van der Waals surface area (Å²) in [7, 11) is 0. The number of phenolic OH excluding ortho intramolecular Hbond substituents is 2. The van der Waals surface area contributed by atoms with Crippen LogP contribution in [0, 0.1) is 5.41 Å². The topological polar surface area (TPSA) is 116 Å². The SMILES string of the molecule is CC1(C)CC2c3c(ccc(O)c3O)CC(N)C(=O)N2C1C(=O)N[C@@H]1CCCc2ccccc21. The molecule has 7 nitrogen and oxygen atoms in total. The zero-order chi connectivity index (χ0) is 23.5. The summed E-state index contributed by atoms with van der Waals surface area (Å²) in [6.45, 7) is 3.94. The Labute approximate surface area is 193 Å². The normalized spacial score (nSPS) is 27.8. The molecule has 2 heterocycles. The van der Waals surface area contributed by atoms with E-state index in [4.69, 9.17) is 5.73 Å². The van der Waals surface area contributed by atoms with E-state index in [1.54, 1.807) is 11.0 Å². The van der Waals surface area contributed by atoms with Gasteiger partial charge in [0.05, 0.1) is 18.1 Å². The van der Waals surface area contributed by atoms with Gasteiger partial charge < -0.3 is 26.2 Å². The first-order valence-corrected chi connectivity index (χ1v) is 11.7. The van der Waals surface area contributed by atoms with Crippen LogP contribution in [0.2, 0.25) is 0 Å². The predicted molar refractivity (Wildman–Crippen MR) is 123 cm³/mol. The van der Waals surface area contributed by atoms with Crippen molar-refractivity contribution in [3.8, 4) is 11.5 Å². The number of carbonyl (C=O) groups is 2. The second-order valence-corrected chi connectivity index (χ2v) is 10.3. The van der Waals surface area contributed by atoms with Crippen molar-refractivity contribution in [1.29, 1.82) is 0 Å². The van der Waals surface area contributed by atoms with Crippen molar-refractivity contribution in [2.45, 2.75) is 70.1 Å². The molecule has 0 spiro atoms. The average Bonchev–Trinajstić information content (AvgIpc) is 3.01. The summed E-state index contributed by atoms with van der Waals surface area (Å²) in [5.74, 6) is -0.971. The highest BCUT2D eigenvalue weighted by Gasteiger charge is 2.55. The third-order valence-corrected chi connectivity index (χ3v) is 7.64. The molecule has 4 atom stereocenters. The lowest BCUT2D eigenvalue weighted by Crippen LogP contribution is -2.55. The summed E-state index contributed by atoms with van der Waals surface area (Å²) < 4.78 is 0. The largest absolute Gasteiger partial charge is 0.504 e. The molecule has 1 saturated heterocycles. The van der Waals surface area contributed by atoms with E-state index in [9.17, 15) is 19.8 Å². The van der Waals surface area contributed by atoms with Gasteiger partial charge in [0, 0.05) is 5.56 Å². The predicted octanol–water partition coefficient (Wildman–Crippen LogP) is 2.84. The van der Waals surface area contributed by atoms with Gasteiger partial charge in [-0.1, -0.05) is 44.2 Å². The van der Waals surface area contributed by atoms with Crippen LogP contribution >= 0.6 is 0 Å². The number of aromatic hydroxyl groups is 2. The molecule has 5 rings (SSSR count). The molecule has 174 valence electrons. The maximum atomic E-state index is 13.8. The van der Waals surface area contributed by atoms with Crippen LogP contribution in [0.1, 0.15) is 67.4 Å². The fourth-order valence-corrected chi connectivity index (χ4v) is 6.13. The monoisotopic (exact) mass is 449 g/mol. The van der Waals surface area contributed by atoms with Crippen molar-refractivity contribution < 1.29 is 19.8 Å². The van der Waals surface area contributed by atoms with Gasteiger partial charge in [-0.25, -0.2) is 0 Å². The van der Waals surface area contributed by atoms with Crippen LogP contribution in [0.4, 0.5) is 0 Å². The van der Waals surface area contributed by atoms with E-state index >= 15 is 0 Å². The molecule has 0 bridgehead atoms. The van der Waals surface area contributed by atoms with Crippen molar-refractivity contribution in [3.63, 3.8) is 0 Å². The molecular weight excluding hydrogens is 418 g/mol. The molecule has 2 aliphatic heterocycles. The van der Waals surface area contributed by atoms with Crippen LogP contribution in [-0.2, 0) is 22.4 Å². The highest BCUT2D eigenvalue weighted by Crippen LogP contribution is 2.53. The minimum Gasteiger partial charge on any atom is -0.504 e. The van der Waals surface area contributed by atoms with E-state index in [1.165, 1.54) is 11.6 Å². The number of nitrogens with zero attached hydrogens (tertiary/aromatic N) is 1. The zero-order valence-corrected chi connectivity index (χ0v) is 19.0. The van der Waals surface area contributed by atoms with Crippen LogP contribution in [-0.4, -0.2) is 39.0 Å². The van der Waals surface area contributed by atoms with Crippen molar-refractivity contribution in [3.05, 3.63) is 58.7 Å². The molecule has 0 aromatic heterocycles. The lowest BCUT2D eigenvalue weighted by atomic mass is 9.80. The number of aryl methyl sites for hydroxylation is 1. The Balaban J connectivity index is 1.53. The Kier molecular flexibility index (Phi) is 5.12. The smallest absolute Gasteiger partial charge is 0.243 e. The minimum absolute atomic E-state index is 0.0993. The van der Waals surface area contributed by atoms with Crippen LogP contribution in [0.3, 0.4) is 0 Å². The van der Waals surface area contributed by atoms with Gasteiger partial charge in [0.25, 0.3) is 0 Å². The highest BCUT2D eigenvalue weighted by atomic mass is 16.3. The number of fused-ring (bicyclic) bond motifs is 4. The summed E-state index contributed by atoms with van der Waals surface area (Å²) in [6.07, 6.45) is 3.57. The average molecular weight is 450 g/mol. The van der Waals surface area contributed by atoms with Gasteiger partial charge in [-0.05, 0) is 60.3 Å². The molecular formula is C26H31N3O4. The van der Waals surface area contributed by atoms with Crippen molar-refractivity contribution in [2.24, 2.45) is 11.1 Å². The van der Waals surface area contributed by atoms with Crippen LogP contribution in [0.15, 0.2) is 36.4 Å². The first-order valence-electron chi connectivity index (χ1n) is 11.7. The number of amides is 2. The van der Waals surface area contributed by atoms with Crippen LogP contribution in [0.5, 0.6) is 11.5 Å². The summed E-state index contributed by atoms with van der Waals surface area (Å²) in [4.78, 5) is 28.8. The second-order valence-electron chi connectivity index (χ2n) is 10.3. The molecule has 2 aromatic carbocycles. The zero-order valence-electron chi connectivity index (χ0n) is 19.0. The number of benzene rings is 2. The number of nitrogens with one attached hydrogen (secondary N) is 1. The first-order chi connectivity index (χ1) is 15.7. The summed E-state index contributed by atoms with van der Waals surface area (Å²) in [5, 5.41) is 24.1. The Morgan fingerprint density at radius 1 is 1.15 bits per heavy atom. The van der Waals surface area contributed by atoms with Gasteiger partial charge in [-0.15, -0.1) is 0 Å². The number of carbonyl (C=O) groups excluding carboxylic acids is 2. The molecule has 3 aliphatic rings. The Bertz CT molecular complexity index is 1130. The standard InChI is InChI=1S/C26H31N3O4/c1-26(2)13-19-21-15(10-11-20(30)22(21)31)12-17(27)25(33)29(19)23(26)24(32)28-18-9-5-7-14-6-3-4-8-16(14)18/h3-4,6,8,10-11,17-19,23,30-31H,5,7,9,12-13,27H2,1-2H3,(H,28,32)/t17?,18-,19?,23?/m1/s1. The van der Waals surface area contributed by atoms with E-state index in [1.807, 2.05) is 26.0 Å². The molecule has 1 aliphatic carbocycles. The maximum Gasteiger partial charge on any atom is 0.243 e. The van der Waals surface area contributed by atoms with Crippen molar-refractivity contribution >= 4 is 11.8 Å². The number of phenols is 2. The van der Waals surface area contributed by atoms with E-state index in [0.717, 1.165) is 30.4 Å². The Morgan fingerprint density at radius 2 is 1.91 bits per heavy atom. The Morgan fingerprint density at radius 3 is 2.70 bits per heavy atom. The molecule has 7 heteroatoms. The van der Waals surface area contributed by atoms with Crippen molar-refractivity contribution in [2.75, 3.05) is 0 Å². The molecule has 5 N–H and O–H groups in total. The van der Waals surface area contributed by atoms with E-state index in [2.05, 4.69) is 17.4 Å². The van der Waals surface area contributed by atoms with Gasteiger partial charge in [-0.2, -0.15) is 0 Å². The molecule has 33 heavy (non-hydrogen) atoms. The third-order valence-electron chi connectivity index (χ3n) is 7.64. The number of nitrogens with two attached hydrogens (primary N) is 1. The lowest BCUT2D eigenvalue weighted by molar-refractivity contribution is -0.143. The van der Waals surface area contributed by atoms with Crippen molar-refractivity contribution in [1.82, 2.24) is 10.2 Å². The summed E-state index contributed by atoms with van der Waals surface area (Å²) >= 11 is 0. The lowest BCUT2D eigenvalue weighted by Gasteiger charge is -2.35. The number of hydrogen-bond acceptors (Lipinski definition) is 5. The number of hydrogen-bond donors (Lipinski definition) is 4. The van der Waals surface area contributed by atoms with Gasteiger partial charge >= 0.3 is 0 Å². The Hall–Kier alpha value is -3.06. The first kappa shape index (κ1) is 21.8. The third kappa shape index (κ3) is 3.46. The van der Waals surface area contributed by atoms with Gasteiger partial charge in [-0.3, -0.25) is 9.59 Å². The summed E-state index contributed by atoms with van der Waals surface area (Å²) in [5.41, 5.74) is 9.34. The van der Waals surface area contributed by atoms with E-state index in [-0.39, 0.29) is 35.8 Å². The maximum absolute atomic E-state index is 13.8. The molecule has 2 aromatic rings. The molecule has 1 fully saturated rings. The minimum atomic E-state index is -0.822. The van der Waals surface area contributed by atoms with Gasteiger partial charge in [0.1, 0.15) is 6.04 Å². The van der Waals surface area contributed by atoms with E-state index < -0.39 is 23.5 Å². The number of rotatable bonds is 2. The molecule has 0 radical (unpaired) electrons. The highest BCUT2D eigenvalue weighted by molar-refractivity contribution is 5.92. The molecule has 3 unspecified atom stereocenters. The van der Waals surface area contributed by atoms with Crippen LogP contribution < -0.4 is 11.1 Å². The van der Waals surface area contributed by atoms with Crippen LogP contribution in [0.25, 0.3) is 0 Å². The second kappa shape index (κ2) is 7.76. The van der Waals surface area contributed by atoms with Gasteiger partial charge in [0.15, 0.2) is 11.5 Å². The summed E-state index contributed by atoms with van der Waals surface area (Å²) in [6, 6.07) is 9.12. The molecule has 2 amide bonds. The quantitative estimate of drug-likeness (QED) is 0.526. The van der Waals surface area contributed by atoms with Gasteiger partial charge in [0.2, 0.25) is 11.8 Å². The fourth-order valence-electron chi connectivity index (χ4n) is 6.13.